The summed E-state index contributed by atoms with van der Waals surface area (Å²) < 4.78 is 73.5. The van der Waals surface area contributed by atoms with E-state index in [1.54, 1.807) is 7.11 Å². The Bertz CT molecular complexity index is 2740. The smallest absolute Gasteiger partial charge is 0.187 e. The molecule has 2 aliphatic rings. The van der Waals surface area contributed by atoms with Crippen molar-refractivity contribution in [2.45, 2.75) is 127 Å². The zero-order valence-electron chi connectivity index (χ0n) is 44.9. The molecular formula is C67H74O12. The maximum absolute atomic E-state index is 11.9. The van der Waals surface area contributed by atoms with Gasteiger partial charge in [-0.1, -0.05) is 224 Å². The molecular weight excluding hydrogens is 997 g/mol. The Morgan fingerprint density at radius 1 is 0.367 bits per heavy atom. The zero-order chi connectivity index (χ0) is 54.1. The first-order valence-electron chi connectivity index (χ1n) is 27.4. The fourth-order valence-corrected chi connectivity index (χ4v) is 9.84. The van der Waals surface area contributed by atoms with Crippen LogP contribution in [-0.4, -0.2) is 92.9 Å². The molecule has 0 radical (unpaired) electrons. The SMILES string of the molecule is CO[C@H]1O[C@H](C[C@H](O)C/C=C/CO[C@H]2O[C@H](COCc3ccccc3)[C@H](OCc3ccccc3)[C@H](OCc3ccccc3)[C@H]2OCc2ccccc2)[C@@H](OCc2ccccc2)[C@H](OCc2ccccc2)[C@H]1OCc1ccccc1. The van der Waals surface area contributed by atoms with Crippen molar-refractivity contribution in [3.05, 3.63) is 263 Å². The first-order valence-corrected chi connectivity index (χ1v) is 27.4. The predicted molar refractivity (Wildman–Crippen MR) is 301 cm³/mol. The maximum Gasteiger partial charge on any atom is 0.187 e. The molecule has 0 unspecified atom stereocenters. The normalized spacial score (nSPS) is 23.6. The number of aliphatic hydroxyl groups is 1. The molecule has 0 saturated carbocycles. The number of hydrogen-bond donors (Lipinski definition) is 1. The number of rotatable bonds is 30. The van der Waals surface area contributed by atoms with Gasteiger partial charge in [-0.2, -0.15) is 0 Å². The van der Waals surface area contributed by atoms with E-state index in [0.29, 0.717) is 46.1 Å². The van der Waals surface area contributed by atoms with Gasteiger partial charge in [0.15, 0.2) is 12.6 Å². The highest BCUT2D eigenvalue weighted by atomic mass is 16.7. The second-order valence-corrected chi connectivity index (χ2v) is 19.8. The van der Waals surface area contributed by atoms with Gasteiger partial charge in [-0.05, 0) is 45.4 Å². The molecule has 0 amide bonds. The van der Waals surface area contributed by atoms with Gasteiger partial charge in [0.1, 0.15) is 42.7 Å². The quantitative estimate of drug-likeness (QED) is 0.0432. The summed E-state index contributed by atoms with van der Waals surface area (Å²) in [4.78, 5) is 0. The van der Waals surface area contributed by atoms with Crippen molar-refractivity contribution >= 4 is 0 Å². The van der Waals surface area contributed by atoms with E-state index in [0.717, 1.165) is 38.9 Å². The van der Waals surface area contributed by atoms with Gasteiger partial charge in [-0.25, -0.2) is 0 Å². The first-order chi connectivity index (χ1) is 39.1. The van der Waals surface area contributed by atoms with Crippen LogP contribution >= 0.6 is 0 Å². The van der Waals surface area contributed by atoms with Gasteiger partial charge in [0.25, 0.3) is 0 Å². The molecule has 0 spiro atoms. The van der Waals surface area contributed by atoms with Crippen LogP contribution in [0.4, 0.5) is 0 Å². The van der Waals surface area contributed by atoms with E-state index in [9.17, 15) is 5.11 Å². The van der Waals surface area contributed by atoms with Crippen molar-refractivity contribution in [1.29, 1.82) is 0 Å². The predicted octanol–water partition coefficient (Wildman–Crippen LogP) is 11.5. The summed E-state index contributed by atoms with van der Waals surface area (Å²) in [5, 5.41) is 11.9. The fourth-order valence-electron chi connectivity index (χ4n) is 9.84. The van der Waals surface area contributed by atoms with E-state index >= 15 is 0 Å². The van der Waals surface area contributed by atoms with Crippen molar-refractivity contribution < 1.29 is 57.2 Å². The molecule has 79 heavy (non-hydrogen) atoms. The van der Waals surface area contributed by atoms with E-state index in [4.69, 9.17) is 52.1 Å². The summed E-state index contributed by atoms with van der Waals surface area (Å²) in [7, 11) is 1.60. The van der Waals surface area contributed by atoms with Gasteiger partial charge in [0, 0.05) is 13.5 Å². The second kappa shape index (κ2) is 31.6. The van der Waals surface area contributed by atoms with Crippen LogP contribution in [0.1, 0.15) is 51.8 Å². The Kier molecular flexibility index (Phi) is 23.0. The minimum absolute atomic E-state index is 0.144. The molecule has 2 saturated heterocycles. The Labute approximate surface area is 465 Å². The van der Waals surface area contributed by atoms with Crippen molar-refractivity contribution in [2.24, 2.45) is 0 Å². The monoisotopic (exact) mass is 1070 g/mol. The summed E-state index contributed by atoms with van der Waals surface area (Å²) >= 11 is 0. The van der Waals surface area contributed by atoms with Crippen molar-refractivity contribution in [3.8, 4) is 0 Å². The molecule has 2 heterocycles. The Balaban J connectivity index is 0.922. The maximum atomic E-state index is 11.9. The average Bonchev–Trinajstić information content (AvgIpc) is 3.51. The number of benzene rings is 7. The highest BCUT2D eigenvalue weighted by molar-refractivity contribution is 5.19. The van der Waals surface area contributed by atoms with Crippen LogP contribution in [0.25, 0.3) is 0 Å². The third-order valence-electron chi connectivity index (χ3n) is 14.0. The molecule has 0 bridgehead atoms. The summed E-state index contributed by atoms with van der Waals surface area (Å²) in [6, 6.07) is 70.2. The van der Waals surface area contributed by atoms with E-state index in [1.807, 2.05) is 224 Å². The molecule has 12 heteroatoms. The molecule has 1 N–H and O–H groups in total. The van der Waals surface area contributed by atoms with Gasteiger partial charge in [-0.15, -0.1) is 0 Å². The number of aliphatic hydroxyl groups excluding tert-OH is 1. The summed E-state index contributed by atoms with van der Waals surface area (Å²) in [5.41, 5.74) is 7.04. The van der Waals surface area contributed by atoms with E-state index in [2.05, 4.69) is 0 Å². The third kappa shape index (κ3) is 17.9. The van der Waals surface area contributed by atoms with Crippen LogP contribution in [0.3, 0.4) is 0 Å². The average molecular weight is 1070 g/mol. The molecule has 7 aromatic carbocycles. The zero-order valence-corrected chi connectivity index (χ0v) is 44.9. The van der Waals surface area contributed by atoms with Crippen LogP contribution < -0.4 is 0 Å². The van der Waals surface area contributed by atoms with E-state index in [1.165, 1.54) is 0 Å². The Hall–Kier alpha value is -6.20. The first kappa shape index (κ1) is 57.5. The molecule has 7 aromatic rings. The van der Waals surface area contributed by atoms with Gasteiger partial charge < -0.3 is 57.2 Å². The molecule has 2 aliphatic heterocycles. The molecule has 11 atom stereocenters. The topological polar surface area (TPSA) is 122 Å². The lowest BCUT2D eigenvalue weighted by molar-refractivity contribution is -0.326. The minimum Gasteiger partial charge on any atom is -0.393 e. The van der Waals surface area contributed by atoms with Crippen molar-refractivity contribution in [1.82, 2.24) is 0 Å². The molecule has 2 fully saturated rings. The second-order valence-electron chi connectivity index (χ2n) is 19.8. The Morgan fingerprint density at radius 3 is 1.06 bits per heavy atom. The van der Waals surface area contributed by atoms with Gasteiger partial charge in [0.2, 0.25) is 0 Å². The van der Waals surface area contributed by atoms with Crippen LogP contribution in [0, 0.1) is 0 Å². The number of hydrogen-bond acceptors (Lipinski definition) is 12. The van der Waals surface area contributed by atoms with Crippen molar-refractivity contribution in [3.63, 3.8) is 0 Å². The molecule has 414 valence electrons. The highest BCUT2D eigenvalue weighted by Crippen LogP contribution is 2.35. The minimum atomic E-state index is -0.894. The van der Waals surface area contributed by atoms with Crippen LogP contribution in [0.2, 0.25) is 0 Å². The van der Waals surface area contributed by atoms with Gasteiger partial charge >= 0.3 is 0 Å². The lowest BCUT2D eigenvalue weighted by atomic mass is 9.93. The fraction of sp³-hybridized carbons (Fsp3) is 0.343. The van der Waals surface area contributed by atoms with Crippen molar-refractivity contribution in [2.75, 3.05) is 20.3 Å². The van der Waals surface area contributed by atoms with E-state index < -0.39 is 67.5 Å². The molecule has 0 aromatic heterocycles. The lowest BCUT2D eigenvalue weighted by Crippen LogP contribution is -2.61. The molecule has 12 nitrogen and oxygen atoms in total. The van der Waals surface area contributed by atoms with Crippen LogP contribution in [0.15, 0.2) is 224 Å². The van der Waals surface area contributed by atoms with Crippen LogP contribution in [0.5, 0.6) is 0 Å². The van der Waals surface area contributed by atoms with Crippen LogP contribution in [-0.2, 0) is 98.4 Å². The third-order valence-corrected chi connectivity index (χ3v) is 14.0. The van der Waals surface area contributed by atoms with E-state index in [-0.39, 0.29) is 26.2 Å². The largest absolute Gasteiger partial charge is 0.393 e. The molecule has 0 aliphatic carbocycles. The lowest BCUT2D eigenvalue weighted by Gasteiger charge is -2.46. The number of ether oxygens (including phenoxy) is 11. The summed E-state index contributed by atoms with van der Waals surface area (Å²) in [6.45, 7) is 2.55. The Morgan fingerprint density at radius 2 is 0.684 bits per heavy atom. The molecule has 9 rings (SSSR count). The van der Waals surface area contributed by atoms with Gasteiger partial charge in [0.05, 0.1) is 71.7 Å². The van der Waals surface area contributed by atoms with Gasteiger partial charge in [-0.3, -0.25) is 0 Å². The summed E-state index contributed by atoms with van der Waals surface area (Å²) in [5.74, 6) is 0. The summed E-state index contributed by atoms with van der Waals surface area (Å²) in [6.07, 6.45) is -3.37. The highest BCUT2D eigenvalue weighted by Gasteiger charge is 2.50. The number of methoxy groups -OCH3 is 1. The standard InChI is InChI=1S/C67H74O12/c1-69-66-64(76-47-55-35-19-7-20-36-55)62(74-45-53-31-15-5-16-32-53)60(72-43-51-27-11-3-12-28-51)58(78-66)41-57(68)39-23-24-40-71-67-65(77-48-56-37-21-8-22-38-56)63(75-46-54-33-17-6-18-34-54)61(73-44-52-29-13-4-14-30-52)59(79-67)49-70-42-50-25-9-2-10-26-50/h2-38,57-68H,39-49H2,1H3/b24-23+/t57-,58-,59-,60-,61+,62+,63+,64-,65-,66+,67+/m1/s1.